The number of urea groups is 1. The van der Waals surface area contributed by atoms with Gasteiger partial charge in [0.1, 0.15) is 0 Å². The summed E-state index contributed by atoms with van der Waals surface area (Å²) in [5, 5.41) is 5.96. The predicted molar refractivity (Wildman–Crippen MR) is 118 cm³/mol. The van der Waals surface area contributed by atoms with Crippen molar-refractivity contribution in [3.63, 3.8) is 0 Å². The van der Waals surface area contributed by atoms with Crippen molar-refractivity contribution in [1.29, 1.82) is 0 Å². The fourth-order valence-corrected chi connectivity index (χ4v) is 3.43. The number of hydrogen-bond acceptors (Lipinski definition) is 4. The molecule has 30 heavy (non-hydrogen) atoms. The van der Waals surface area contributed by atoms with Crippen molar-refractivity contribution in [3.05, 3.63) is 70.8 Å². The van der Waals surface area contributed by atoms with Crippen LogP contribution >= 0.6 is 0 Å². The molecule has 0 radical (unpaired) electrons. The third-order valence-corrected chi connectivity index (χ3v) is 5.19. The van der Waals surface area contributed by atoms with Crippen molar-refractivity contribution >= 4 is 6.03 Å². The molecule has 3 rings (SSSR count). The average Bonchev–Trinajstić information content (AvgIpc) is 2.77. The summed E-state index contributed by atoms with van der Waals surface area (Å²) in [6, 6.07) is 16.2. The first-order valence-corrected chi connectivity index (χ1v) is 10.7. The number of carbonyl (C=O) groups excluding carboxylic acids is 1. The van der Waals surface area contributed by atoms with Crippen LogP contribution in [-0.4, -0.2) is 43.3 Å². The monoisotopic (exact) mass is 411 g/mol. The third-order valence-electron chi connectivity index (χ3n) is 5.19. The van der Waals surface area contributed by atoms with E-state index in [-0.39, 0.29) is 12.1 Å². The topological polar surface area (TPSA) is 62.8 Å². The van der Waals surface area contributed by atoms with Gasteiger partial charge in [0.05, 0.1) is 25.9 Å². The lowest BCUT2D eigenvalue weighted by Crippen LogP contribution is -2.37. The van der Waals surface area contributed by atoms with E-state index >= 15 is 0 Å². The first kappa shape index (κ1) is 22.3. The van der Waals surface area contributed by atoms with E-state index < -0.39 is 0 Å². The fraction of sp³-hybridized carbons (Fsp3) is 0.458. The molecule has 0 aliphatic carbocycles. The van der Waals surface area contributed by atoms with Crippen LogP contribution in [0.4, 0.5) is 4.79 Å². The number of benzene rings is 2. The quantitative estimate of drug-likeness (QED) is 0.664. The summed E-state index contributed by atoms with van der Waals surface area (Å²) in [6.45, 7) is 9.90. The van der Waals surface area contributed by atoms with Gasteiger partial charge in [-0.15, -0.1) is 0 Å². The van der Waals surface area contributed by atoms with Gasteiger partial charge in [0.15, 0.2) is 0 Å². The molecule has 6 heteroatoms. The standard InChI is InChI=1S/C24H33N3O3/c1-19(2)30-18-23-10-6-4-8-21(23)16-26-24(28)25-15-20-7-3-5-9-22(20)17-27-11-13-29-14-12-27/h3-10,19H,11-18H2,1-2H3,(H2,25,26,28). The maximum absolute atomic E-state index is 12.4. The van der Waals surface area contributed by atoms with Crippen molar-refractivity contribution in [2.45, 2.75) is 46.2 Å². The molecule has 6 nitrogen and oxygen atoms in total. The summed E-state index contributed by atoms with van der Waals surface area (Å²) < 4.78 is 11.1. The molecular formula is C24H33N3O3. The molecule has 0 bridgehead atoms. The molecule has 0 saturated carbocycles. The summed E-state index contributed by atoms with van der Waals surface area (Å²) in [6.07, 6.45) is 0.173. The van der Waals surface area contributed by atoms with Gasteiger partial charge >= 0.3 is 6.03 Å². The van der Waals surface area contributed by atoms with Crippen LogP contribution < -0.4 is 10.6 Å². The molecule has 1 aliphatic rings. The average molecular weight is 412 g/mol. The fourth-order valence-electron chi connectivity index (χ4n) is 3.43. The van der Waals surface area contributed by atoms with E-state index in [2.05, 4.69) is 33.7 Å². The molecule has 1 fully saturated rings. The minimum atomic E-state index is -0.171. The number of ether oxygens (including phenoxy) is 2. The second kappa shape index (κ2) is 11.7. The van der Waals surface area contributed by atoms with Gasteiger partial charge in [0.2, 0.25) is 0 Å². The molecule has 1 aliphatic heterocycles. The largest absolute Gasteiger partial charge is 0.379 e. The molecule has 2 aromatic carbocycles. The highest BCUT2D eigenvalue weighted by molar-refractivity contribution is 5.73. The number of hydrogen-bond donors (Lipinski definition) is 2. The summed E-state index contributed by atoms with van der Waals surface area (Å²) >= 11 is 0. The zero-order valence-corrected chi connectivity index (χ0v) is 18.0. The Morgan fingerprint density at radius 2 is 1.47 bits per heavy atom. The number of rotatable bonds is 9. The maximum atomic E-state index is 12.4. The van der Waals surface area contributed by atoms with Gasteiger partial charge in [0.25, 0.3) is 0 Å². The lowest BCUT2D eigenvalue weighted by molar-refractivity contribution is 0.0341. The Balaban J connectivity index is 1.50. The molecule has 162 valence electrons. The van der Waals surface area contributed by atoms with Crippen molar-refractivity contribution in [2.75, 3.05) is 26.3 Å². The van der Waals surface area contributed by atoms with Crippen molar-refractivity contribution in [3.8, 4) is 0 Å². The van der Waals surface area contributed by atoms with Gasteiger partial charge in [0, 0.05) is 32.7 Å². The van der Waals surface area contributed by atoms with Crippen LogP contribution in [0.1, 0.15) is 36.1 Å². The number of morpholine rings is 1. The summed E-state index contributed by atoms with van der Waals surface area (Å²) in [4.78, 5) is 14.8. The first-order valence-electron chi connectivity index (χ1n) is 10.7. The number of carbonyl (C=O) groups is 1. The second-order valence-corrected chi connectivity index (χ2v) is 7.82. The Bertz CT molecular complexity index is 804. The number of nitrogens with zero attached hydrogens (tertiary/aromatic N) is 1. The molecular weight excluding hydrogens is 378 g/mol. The smallest absolute Gasteiger partial charge is 0.315 e. The molecule has 0 atom stereocenters. The van der Waals surface area contributed by atoms with Crippen LogP contribution in [0.25, 0.3) is 0 Å². The van der Waals surface area contributed by atoms with Crippen LogP contribution in [0.15, 0.2) is 48.5 Å². The molecule has 0 unspecified atom stereocenters. The zero-order chi connectivity index (χ0) is 21.2. The SMILES string of the molecule is CC(C)OCc1ccccc1CNC(=O)NCc1ccccc1CN1CCOCC1. The number of nitrogens with one attached hydrogen (secondary N) is 2. The summed E-state index contributed by atoms with van der Waals surface area (Å²) in [5.74, 6) is 0. The van der Waals surface area contributed by atoms with Crippen molar-refractivity contribution in [1.82, 2.24) is 15.5 Å². The predicted octanol–water partition coefficient (Wildman–Crippen LogP) is 3.44. The van der Waals surface area contributed by atoms with Crippen molar-refractivity contribution < 1.29 is 14.3 Å². The van der Waals surface area contributed by atoms with E-state index in [1.54, 1.807) is 0 Å². The van der Waals surface area contributed by atoms with E-state index in [1.165, 1.54) is 5.56 Å². The second-order valence-electron chi connectivity index (χ2n) is 7.82. The van der Waals surface area contributed by atoms with E-state index in [9.17, 15) is 4.79 Å². The van der Waals surface area contributed by atoms with Gasteiger partial charge in [-0.05, 0) is 36.1 Å². The Hall–Kier alpha value is -2.41. The Morgan fingerprint density at radius 1 is 0.933 bits per heavy atom. The molecule has 1 saturated heterocycles. The van der Waals surface area contributed by atoms with Crippen LogP contribution in [0.5, 0.6) is 0 Å². The van der Waals surface area contributed by atoms with E-state index in [4.69, 9.17) is 9.47 Å². The van der Waals surface area contributed by atoms with Crippen LogP contribution in [0.2, 0.25) is 0 Å². The first-order chi connectivity index (χ1) is 14.6. The number of amides is 2. The Labute approximate surface area is 179 Å². The minimum Gasteiger partial charge on any atom is -0.379 e. The Morgan fingerprint density at radius 3 is 2.07 bits per heavy atom. The lowest BCUT2D eigenvalue weighted by atomic mass is 10.1. The molecule has 2 N–H and O–H groups in total. The highest BCUT2D eigenvalue weighted by Gasteiger charge is 2.13. The van der Waals surface area contributed by atoms with Crippen molar-refractivity contribution in [2.24, 2.45) is 0 Å². The van der Waals surface area contributed by atoms with Gasteiger partial charge in [-0.25, -0.2) is 4.79 Å². The third kappa shape index (κ3) is 7.13. The summed E-state index contributed by atoms with van der Waals surface area (Å²) in [5.41, 5.74) is 4.56. The van der Waals surface area contributed by atoms with E-state index in [0.29, 0.717) is 19.7 Å². The maximum Gasteiger partial charge on any atom is 0.315 e. The molecule has 2 amide bonds. The molecule has 0 aromatic heterocycles. The molecule has 1 heterocycles. The highest BCUT2D eigenvalue weighted by Crippen LogP contribution is 2.13. The van der Waals surface area contributed by atoms with Gasteiger partial charge < -0.3 is 20.1 Å². The van der Waals surface area contributed by atoms with Gasteiger partial charge in [-0.3, -0.25) is 4.90 Å². The van der Waals surface area contributed by atoms with Crippen LogP contribution in [-0.2, 0) is 35.7 Å². The van der Waals surface area contributed by atoms with Gasteiger partial charge in [-0.2, -0.15) is 0 Å². The molecule has 0 spiro atoms. The minimum absolute atomic E-state index is 0.171. The summed E-state index contributed by atoms with van der Waals surface area (Å²) in [7, 11) is 0. The van der Waals surface area contributed by atoms with Gasteiger partial charge in [-0.1, -0.05) is 48.5 Å². The zero-order valence-electron chi connectivity index (χ0n) is 18.0. The Kier molecular flexibility index (Phi) is 8.68. The van der Waals surface area contributed by atoms with E-state index in [0.717, 1.165) is 49.5 Å². The van der Waals surface area contributed by atoms with Crippen LogP contribution in [0.3, 0.4) is 0 Å². The van der Waals surface area contributed by atoms with E-state index in [1.807, 2.05) is 44.2 Å². The highest BCUT2D eigenvalue weighted by atomic mass is 16.5. The molecule has 2 aromatic rings. The van der Waals surface area contributed by atoms with Crippen LogP contribution in [0, 0.1) is 0 Å². The normalized spacial score (nSPS) is 14.6. The lowest BCUT2D eigenvalue weighted by Gasteiger charge is -2.27.